The minimum atomic E-state index is -0.986. The number of fused-ring (bicyclic) bond motifs is 1. The number of ketones is 1. The molecule has 0 radical (unpaired) electrons. The summed E-state index contributed by atoms with van der Waals surface area (Å²) in [6, 6.07) is 33.9. The van der Waals surface area contributed by atoms with Gasteiger partial charge in [-0.1, -0.05) is 103 Å². The van der Waals surface area contributed by atoms with Crippen LogP contribution in [0.15, 0.2) is 114 Å². The summed E-state index contributed by atoms with van der Waals surface area (Å²) in [5, 5.41) is 13.5. The van der Waals surface area contributed by atoms with Crippen molar-refractivity contribution in [1.82, 2.24) is 0 Å². The van der Waals surface area contributed by atoms with Crippen LogP contribution in [-0.4, -0.2) is 10.9 Å². The Labute approximate surface area is 176 Å². The van der Waals surface area contributed by atoms with Gasteiger partial charge in [0.1, 0.15) is 11.2 Å². The Morgan fingerprint density at radius 2 is 1.30 bits per heavy atom. The number of carbonyl (C=O) groups excluding carboxylic acids is 1. The fourth-order valence-electron chi connectivity index (χ4n) is 4.56. The molecule has 0 unspecified atom stereocenters. The third kappa shape index (κ3) is 2.68. The largest absolute Gasteiger partial charge is 0.510 e. The summed E-state index contributed by atoms with van der Waals surface area (Å²) in [6.07, 6.45) is 0. The lowest BCUT2D eigenvalue weighted by Crippen LogP contribution is -2.47. The second-order valence-electron chi connectivity index (χ2n) is 8.03. The van der Waals surface area contributed by atoms with E-state index in [-0.39, 0.29) is 17.5 Å². The minimum absolute atomic E-state index is 0.0202. The molecule has 0 aromatic heterocycles. The number of benzene rings is 4. The van der Waals surface area contributed by atoms with Crippen LogP contribution in [-0.2, 0) is 10.2 Å². The van der Waals surface area contributed by atoms with Crippen molar-refractivity contribution in [2.75, 3.05) is 0 Å². The zero-order valence-corrected chi connectivity index (χ0v) is 16.7. The number of aliphatic hydroxyl groups excluding tert-OH is 1. The predicted molar refractivity (Wildman–Crippen MR) is 121 cm³/mol. The molecule has 146 valence electrons. The fourth-order valence-corrected chi connectivity index (χ4v) is 4.56. The topological polar surface area (TPSA) is 37.3 Å². The van der Waals surface area contributed by atoms with Crippen LogP contribution in [0.1, 0.15) is 29.5 Å². The van der Waals surface area contributed by atoms with Gasteiger partial charge < -0.3 is 5.11 Å². The van der Waals surface area contributed by atoms with Gasteiger partial charge in [-0.3, -0.25) is 4.79 Å². The number of Topliss-reactive ketones (excluding diaryl/α,β-unsaturated/α-hetero) is 1. The van der Waals surface area contributed by atoms with E-state index >= 15 is 0 Å². The maximum Gasteiger partial charge on any atom is 0.181 e. The Morgan fingerprint density at radius 1 is 0.700 bits per heavy atom. The standard InChI is InChI=1S/C28H22O2/c1-28(23-14-6-3-7-15-23)26(29)25(27(28)30)24(20-11-4-2-5-12-20)22-17-16-19-10-8-9-13-21(19)18-22/h2-18,24,29H,1H3/t24-,28+/m0/s1. The molecule has 5 rings (SSSR count). The van der Waals surface area contributed by atoms with Crippen molar-refractivity contribution in [2.45, 2.75) is 18.3 Å². The lowest BCUT2D eigenvalue weighted by molar-refractivity contribution is -0.123. The van der Waals surface area contributed by atoms with Gasteiger partial charge in [0, 0.05) is 11.5 Å². The first-order valence-corrected chi connectivity index (χ1v) is 10.2. The minimum Gasteiger partial charge on any atom is -0.510 e. The SMILES string of the molecule is C[C@]1(c2ccccc2)C(=O)C([C@@H](c2ccccc2)c2ccc3ccccc3c2)=C1O. The van der Waals surface area contributed by atoms with Crippen LogP contribution in [0.25, 0.3) is 10.8 Å². The van der Waals surface area contributed by atoms with E-state index in [4.69, 9.17) is 0 Å². The molecule has 0 heterocycles. The molecule has 2 atom stereocenters. The van der Waals surface area contributed by atoms with Crippen LogP contribution in [0.5, 0.6) is 0 Å². The summed E-state index contributed by atoms with van der Waals surface area (Å²) < 4.78 is 0. The van der Waals surface area contributed by atoms with Crippen LogP contribution < -0.4 is 0 Å². The molecule has 1 N–H and O–H groups in total. The van der Waals surface area contributed by atoms with Crippen molar-refractivity contribution in [2.24, 2.45) is 0 Å². The molecule has 0 spiro atoms. The first-order chi connectivity index (χ1) is 14.6. The average molecular weight is 390 g/mol. The summed E-state index contributed by atoms with van der Waals surface area (Å²) in [7, 11) is 0. The molecule has 0 fully saturated rings. The summed E-state index contributed by atoms with van der Waals surface area (Å²) in [6.45, 7) is 1.81. The van der Waals surface area contributed by atoms with Gasteiger partial charge in [0.15, 0.2) is 5.78 Å². The monoisotopic (exact) mass is 390 g/mol. The van der Waals surface area contributed by atoms with E-state index < -0.39 is 5.41 Å². The van der Waals surface area contributed by atoms with E-state index in [1.165, 1.54) is 0 Å². The van der Waals surface area contributed by atoms with Gasteiger partial charge in [-0.2, -0.15) is 0 Å². The highest BCUT2D eigenvalue weighted by Gasteiger charge is 2.54. The molecule has 0 bridgehead atoms. The van der Waals surface area contributed by atoms with E-state index in [1.54, 1.807) is 0 Å². The highest BCUT2D eigenvalue weighted by molar-refractivity contribution is 6.14. The molecule has 0 saturated carbocycles. The van der Waals surface area contributed by atoms with Crippen molar-refractivity contribution in [1.29, 1.82) is 0 Å². The van der Waals surface area contributed by atoms with E-state index in [1.807, 2.05) is 79.7 Å². The number of allylic oxidation sites excluding steroid dienone is 2. The van der Waals surface area contributed by atoms with E-state index in [0.29, 0.717) is 5.57 Å². The maximum atomic E-state index is 13.5. The van der Waals surface area contributed by atoms with Gasteiger partial charge in [0.05, 0.1) is 0 Å². The number of rotatable bonds is 4. The Hall–Kier alpha value is -3.65. The summed E-state index contributed by atoms with van der Waals surface area (Å²) in [4.78, 5) is 13.5. The first kappa shape index (κ1) is 18.4. The molecule has 0 aliphatic heterocycles. The maximum absolute atomic E-state index is 13.5. The average Bonchev–Trinajstić information content (AvgIpc) is 2.82. The van der Waals surface area contributed by atoms with Gasteiger partial charge in [0.2, 0.25) is 0 Å². The highest BCUT2D eigenvalue weighted by atomic mass is 16.3. The molecule has 0 saturated heterocycles. The second kappa shape index (κ2) is 7.00. The molecule has 1 aliphatic rings. The quantitative estimate of drug-likeness (QED) is 0.442. The van der Waals surface area contributed by atoms with Gasteiger partial charge in [-0.15, -0.1) is 0 Å². The number of aliphatic hydroxyl groups is 1. The lowest BCUT2D eigenvalue weighted by atomic mass is 9.60. The molecule has 4 aromatic rings. The van der Waals surface area contributed by atoms with Gasteiger partial charge >= 0.3 is 0 Å². The van der Waals surface area contributed by atoms with E-state index in [9.17, 15) is 9.90 Å². The third-order valence-electron chi connectivity index (χ3n) is 6.31. The molecular weight excluding hydrogens is 368 g/mol. The smallest absolute Gasteiger partial charge is 0.181 e. The number of carbonyl (C=O) groups is 1. The second-order valence-corrected chi connectivity index (χ2v) is 8.03. The Balaban J connectivity index is 1.69. The first-order valence-electron chi connectivity index (χ1n) is 10.2. The fraction of sp³-hybridized carbons (Fsp3) is 0.107. The predicted octanol–water partition coefficient (Wildman–Crippen LogP) is 6.32. The lowest BCUT2D eigenvalue weighted by Gasteiger charge is -2.41. The van der Waals surface area contributed by atoms with E-state index in [0.717, 1.165) is 27.5 Å². The Bertz CT molecular complexity index is 1270. The zero-order valence-electron chi connectivity index (χ0n) is 16.7. The van der Waals surface area contributed by atoms with Crippen molar-refractivity contribution in [3.05, 3.63) is 131 Å². The summed E-state index contributed by atoms with van der Waals surface area (Å²) >= 11 is 0. The third-order valence-corrected chi connectivity index (χ3v) is 6.31. The van der Waals surface area contributed by atoms with Crippen molar-refractivity contribution in [3.8, 4) is 0 Å². The van der Waals surface area contributed by atoms with E-state index in [2.05, 4.69) is 30.3 Å². The normalized spacial score (nSPS) is 19.6. The molecule has 4 aromatic carbocycles. The van der Waals surface area contributed by atoms with Crippen LogP contribution in [0.4, 0.5) is 0 Å². The molecule has 0 amide bonds. The van der Waals surface area contributed by atoms with Gasteiger partial charge in [-0.25, -0.2) is 0 Å². The molecule has 1 aliphatic carbocycles. The van der Waals surface area contributed by atoms with Crippen LogP contribution in [0.3, 0.4) is 0 Å². The summed E-state index contributed by atoms with van der Waals surface area (Å²) in [5.41, 5.74) is 2.33. The molecule has 2 heteroatoms. The molecule has 30 heavy (non-hydrogen) atoms. The van der Waals surface area contributed by atoms with Crippen molar-refractivity contribution < 1.29 is 9.90 Å². The number of hydrogen-bond acceptors (Lipinski definition) is 2. The Kier molecular flexibility index (Phi) is 4.29. The van der Waals surface area contributed by atoms with Gasteiger partial charge in [-0.05, 0) is 34.4 Å². The number of hydrogen-bond donors (Lipinski definition) is 1. The van der Waals surface area contributed by atoms with Crippen molar-refractivity contribution in [3.63, 3.8) is 0 Å². The summed E-state index contributed by atoms with van der Waals surface area (Å²) in [5.74, 6) is -0.158. The molecular formula is C28H22O2. The van der Waals surface area contributed by atoms with Crippen LogP contribution >= 0.6 is 0 Å². The zero-order chi connectivity index (χ0) is 20.7. The van der Waals surface area contributed by atoms with Crippen molar-refractivity contribution >= 4 is 16.6 Å². The van der Waals surface area contributed by atoms with Gasteiger partial charge in [0.25, 0.3) is 0 Å². The Morgan fingerprint density at radius 3 is 1.97 bits per heavy atom. The van der Waals surface area contributed by atoms with Crippen LogP contribution in [0.2, 0.25) is 0 Å². The van der Waals surface area contributed by atoms with Crippen LogP contribution in [0, 0.1) is 0 Å². The highest BCUT2D eigenvalue weighted by Crippen LogP contribution is 2.50. The molecule has 2 nitrogen and oxygen atoms in total.